The van der Waals surface area contributed by atoms with Gasteiger partial charge < -0.3 is 10.0 Å². The minimum atomic E-state index is -0.747. The van der Waals surface area contributed by atoms with Crippen LogP contribution in [0.3, 0.4) is 0 Å². The van der Waals surface area contributed by atoms with Gasteiger partial charge >= 0.3 is 5.97 Å². The van der Waals surface area contributed by atoms with Crippen LogP contribution in [0.2, 0.25) is 12.6 Å². The van der Waals surface area contributed by atoms with Crippen molar-refractivity contribution in [3.05, 3.63) is 6.54 Å². The maximum atomic E-state index is 10.4. The number of carboxylic acid groups (broad SMARTS) is 1. The molecular weight excluding hydrogens is 208 g/mol. The second-order valence-corrected chi connectivity index (χ2v) is 3.15. The number of carboxylic acids is 1. The molecule has 0 amide bonds. The van der Waals surface area contributed by atoms with Crippen LogP contribution >= 0.6 is 0 Å². The van der Waals surface area contributed by atoms with Crippen molar-refractivity contribution in [3.63, 3.8) is 0 Å². The van der Waals surface area contributed by atoms with Gasteiger partial charge in [0.25, 0.3) is 0 Å². The molecule has 0 aromatic heterocycles. The molecule has 1 aliphatic rings. The van der Waals surface area contributed by atoms with Crippen molar-refractivity contribution < 1.29 is 27.0 Å². The van der Waals surface area contributed by atoms with Crippen molar-refractivity contribution in [2.75, 3.05) is 13.1 Å². The van der Waals surface area contributed by atoms with Gasteiger partial charge in [-0.1, -0.05) is 13.2 Å². The first kappa shape index (κ1) is 13.0. The van der Waals surface area contributed by atoms with Gasteiger partial charge in [0.2, 0.25) is 0 Å². The van der Waals surface area contributed by atoms with E-state index >= 15 is 0 Å². The Hall–Kier alpha value is 0.0144. The Morgan fingerprint density at radius 2 is 2.46 bits per heavy atom. The normalized spacial score (nSPS) is 23.3. The smallest absolute Gasteiger partial charge is 0.315 e. The molecule has 0 bridgehead atoms. The van der Waals surface area contributed by atoms with E-state index in [1.165, 1.54) is 0 Å². The molecule has 1 aliphatic heterocycles. The molecule has 1 atom stereocenters. The second kappa shape index (κ2) is 6.47. The van der Waals surface area contributed by atoms with Gasteiger partial charge in [-0.2, -0.15) is 5.82 Å². The number of carbonyl (C=O) groups is 1. The van der Waals surface area contributed by atoms with Crippen LogP contribution < -0.4 is 0 Å². The standard InChI is InChI=1S/C8H14BNO2.Mn/c1-9-7-3-2-4-10(5-7)6-8(11)12;/h5,7H,2-4,6H2,1H3,(H,11,12);/q-1;. The van der Waals surface area contributed by atoms with E-state index in [1.54, 1.807) is 0 Å². The summed E-state index contributed by atoms with van der Waals surface area (Å²) in [4.78, 5) is 12.3. The Balaban J connectivity index is 0.00000144. The van der Waals surface area contributed by atoms with Crippen LogP contribution in [0.4, 0.5) is 0 Å². The fraction of sp³-hybridized carbons (Fsp3) is 0.750. The first-order valence-corrected chi connectivity index (χ1v) is 4.32. The first-order chi connectivity index (χ1) is 5.72. The Bertz CT molecular complexity index is 168. The molecule has 0 aromatic carbocycles. The SMILES string of the molecule is C[B]C1[CH-]N(CC(=O)O)CCC1.[Mn]. The van der Waals surface area contributed by atoms with Gasteiger partial charge in [0.1, 0.15) is 0 Å². The Kier molecular flexibility index (Phi) is 6.47. The van der Waals surface area contributed by atoms with Crippen molar-refractivity contribution >= 4 is 13.2 Å². The van der Waals surface area contributed by atoms with Crippen molar-refractivity contribution in [2.24, 2.45) is 0 Å². The topological polar surface area (TPSA) is 40.5 Å². The minimum Gasteiger partial charge on any atom is -0.480 e. The van der Waals surface area contributed by atoms with Crippen molar-refractivity contribution in [1.29, 1.82) is 0 Å². The molecule has 74 valence electrons. The van der Waals surface area contributed by atoms with E-state index in [4.69, 9.17) is 5.11 Å². The minimum absolute atomic E-state index is 0. The van der Waals surface area contributed by atoms with E-state index in [0.717, 1.165) is 19.4 Å². The molecule has 1 fully saturated rings. The molecule has 0 saturated carbocycles. The number of hydrogen-bond donors (Lipinski definition) is 1. The van der Waals surface area contributed by atoms with Crippen LogP contribution in [0.25, 0.3) is 0 Å². The van der Waals surface area contributed by atoms with E-state index in [-0.39, 0.29) is 23.6 Å². The van der Waals surface area contributed by atoms with Gasteiger partial charge in [0, 0.05) is 17.1 Å². The summed E-state index contributed by atoms with van der Waals surface area (Å²) in [7, 11) is 2.12. The summed E-state index contributed by atoms with van der Waals surface area (Å²) in [5.74, 6) is -0.277. The van der Waals surface area contributed by atoms with E-state index in [1.807, 2.05) is 18.3 Å². The summed E-state index contributed by atoms with van der Waals surface area (Å²) >= 11 is 0. The zero-order valence-corrected chi connectivity index (χ0v) is 8.92. The van der Waals surface area contributed by atoms with Crippen LogP contribution in [0.1, 0.15) is 12.8 Å². The maximum Gasteiger partial charge on any atom is 0.315 e. The number of likely N-dealkylation sites (tertiary alicyclic amines) is 1. The predicted octanol–water partition coefficient (Wildman–Crippen LogP) is 0.867. The largest absolute Gasteiger partial charge is 0.480 e. The molecule has 1 unspecified atom stereocenters. The molecule has 5 heteroatoms. The molecule has 0 spiro atoms. The van der Waals surface area contributed by atoms with Gasteiger partial charge in [-0.05, 0) is 13.0 Å². The molecule has 1 rings (SSSR count). The zero-order valence-electron chi connectivity index (χ0n) is 7.74. The summed E-state index contributed by atoms with van der Waals surface area (Å²) in [5, 5.41) is 8.55. The fourth-order valence-electron chi connectivity index (χ4n) is 1.51. The monoisotopic (exact) mass is 222 g/mol. The van der Waals surface area contributed by atoms with Crippen molar-refractivity contribution in [1.82, 2.24) is 4.90 Å². The second-order valence-electron chi connectivity index (χ2n) is 3.15. The molecule has 0 aromatic rings. The van der Waals surface area contributed by atoms with Gasteiger partial charge in [0.05, 0.1) is 13.8 Å². The van der Waals surface area contributed by atoms with E-state index in [2.05, 4.69) is 7.28 Å². The number of rotatable bonds is 3. The van der Waals surface area contributed by atoms with Gasteiger partial charge in [-0.15, -0.1) is 0 Å². The van der Waals surface area contributed by atoms with Crippen LogP contribution in [0, 0.1) is 6.54 Å². The van der Waals surface area contributed by atoms with E-state index < -0.39 is 5.97 Å². The average molecular weight is 222 g/mol. The van der Waals surface area contributed by atoms with Crippen molar-refractivity contribution in [2.45, 2.75) is 25.5 Å². The number of hydrogen-bond acceptors (Lipinski definition) is 2. The Morgan fingerprint density at radius 3 is 3.00 bits per heavy atom. The summed E-state index contributed by atoms with van der Waals surface area (Å²) < 4.78 is 0. The molecule has 3 nitrogen and oxygen atoms in total. The quantitative estimate of drug-likeness (QED) is 0.568. The summed E-state index contributed by atoms with van der Waals surface area (Å²) in [6.07, 6.45) is 2.26. The molecule has 1 N–H and O–H groups in total. The Morgan fingerprint density at radius 1 is 1.77 bits per heavy atom. The third-order valence-electron chi connectivity index (χ3n) is 2.15. The fourth-order valence-corrected chi connectivity index (χ4v) is 1.51. The summed E-state index contributed by atoms with van der Waals surface area (Å²) in [6.45, 7) is 5.07. The average Bonchev–Trinajstić information content (AvgIpc) is 2.03. The van der Waals surface area contributed by atoms with Gasteiger partial charge in [-0.25, -0.2) is 0 Å². The Labute approximate surface area is 90.6 Å². The van der Waals surface area contributed by atoms with Gasteiger partial charge in [0.15, 0.2) is 0 Å². The molecule has 1 heterocycles. The predicted molar refractivity (Wildman–Crippen MR) is 48.1 cm³/mol. The zero-order chi connectivity index (χ0) is 8.97. The molecule has 13 heavy (non-hydrogen) atoms. The van der Waals surface area contributed by atoms with Crippen molar-refractivity contribution in [3.8, 4) is 0 Å². The third-order valence-corrected chi connectivity index (χ3v) is 2.15. The number of aliphatic carboxylic acids is 1. The molecule has 0 aliphatic carbocycles. The van der Waals surface area contributed by atoms with E-state index in [9.17, 15) is 4.79 Å². The summed E-state index contributed by atoms with van der Waals surface area (Å²) in [6, 6.07) is 0. The number of nitrogens with zero attached hydrogens (tertiary/aromatic N) is 1. The maximum absolute atomic E-state index is 10.4. The third kappa shape index (κ3) is 4.70. The van der Waals surface area contributed by atoms with Crippen LogP contribution in [0.15, 0.2) is 0 Å². The number of piperidine rings is 1. The van der Waals surface area contributed by atoms with Crippen LogP contribution in [-0.2, 0) is 21.9 Å². The molecule has 2 radical (unpaired) electrons. The molecule has 1 saturated heterocycles. The molecular formula is C8H14BMnNO2-. The van der Waals surface area contributed by atoms with E-state index in [0.29, 0.717) is 5.82 Å². The van der Waals surface area contributed by atoms with Crippen LogP contribution in [-0.4, -0.2) is 36.3 Å². The first-order valence-electron chi connectivity index (χ1n) is 4.32. The summed E-state index contributed by atoms with van der Waals surface area (Å²) in [5.41, 5.74) is 0. The van der Waals surface area contributed by atoms with Crippen LogP contribution in [0.5, 0.6) is 0 Å². The van der Waals surface area contributed by atoms with Gasteiger partial charge in [-0.3, -0.25) is 11.3 Å².